The molecule has 0 aliphatic carbocycles. The highest BCUT2D eigenvalue weighted by Gasteiger charge is 2.27. The van der Waals surface area contributed by atoms with Crippen LogP contribution in [-0.4, -0.2) is 38.9 Å². The fourth-order valence-corrected chi connectivity index (χ4v) is 4.85. The van der Waals surface area contributed by atoms with Crippen LogP contribution in [0, 0.1) is 20.8 Å². The van der Waals surface area contributed by atoms with Crippen molar-refractivity contribution in [2.24, 2.45) is 0 Å². The van der Waals surface area contributed by atoms with Crippen molar-refractivity contribution in [1.82, 2.24) is 25.6 Å². The van der Waals surface area contributed by atoms with Crippen LogP contribution < -0.4 is 16.0 Å². The number of rotatable bonds is 5. The molecule has 1 aliphatic heterocycles. The van der Waals surface area contributed by atoms with Crippen LogP contribution >= 0.6 is 11.8 Å². The number of aryl methyl sites for hydroxylation is 3. The Labute approximate surface area is 189 Å². The van der Waals surface area contributed by atoms with E-state index in [4.69, 9.17) is 9.40 Å². The summed E-state index contributed by atoms with van der Waals surface area (Å²) in [6.45, 7) is 6.09. The highest BCUT2D eigenvalue weighted by Crippen LogP contribution is 2.25. The molecule has 0 saturated carbocycles. The van der Waals surface area contributed by atoms with Crippen molar-refractivity contribution >= 4 is 45.6 Å². The first-order valence-electron chi connectivity index (χ1n) is 10.5. The molecule has 2 atom stereocenters. The predicted molar refractivity (Wildman–Crippen MR) is 126 cm³/mol. The van der Waals surface area contributed by atoms with Gasteiger partial charge in [-0.05, 0) is 44.5 Å². The van der Waals surface area contributed by atoms with Gasteiger partial charge in [-0.1, -0.05) is 35.5 Å². The monoisotopic (exact) mass is 448 g/mol. The molecule has 2 unspecified atom stereocenters. The molecule has 0 spiro atoms. The number of amides is 1. The largest absolute Gasteiger partial charge is 0.431 e. The zero-order valence-electron chi connectivity index (χ0n) is 18.1. The molecule has 1 fully saturated rings. The van der Waals surface area contributed by atoms with Gasteiger partial charge in [0, 0.05) is 23.6 Å². The maximum Gasteiger partial charge on any atom is 0.256 e. The van der Waals surface area contributed by atoms with Crippen LogP contribution in [0.1, 0.15) is 23.2 Å². The SMILES string of the molecule is Cc1cc(C)c2nc(NC3NC(=O)CC(CSc4nc5ccccc5o4)N3)nc(C)c2c1. The van der Waals surface area contributed by atoms with Gasteiger partial charge in [0.1, 0.15) is 5.52 Å². The van der Waals surface area contributed by atoms with E-state index in [0.717, 1.165) is 33.3 Å². The molecule has 1 amide bonds. The van der Waals surface area contributed by atoms with Crippen molar-refractivity contribution < 1.29 is 9.21 Å². The summed E-state index contributed by atoms with van der Waals surface area (Å²) in [5.41, 5.74) is 5.69. The number of para-hydroxylation sites is 2. The van der Waals surface area contributed by atoms with Crippen LogP contribution in [0.3, 0.4) is 0 Å². The van der Waals surface area contributed by atoms with Crippen LogP contribution in [0.4, 0.5) is 5.95 Å². The number of aromatic nitrogens is 3. The fraction of sp³-hybridized carbons (Fsp3) is 0.304. The minimum absolute atomic E-state index is 0.0336. The maximum absolute atomic E-state index is 12.3. The van der Waals surface area contributed by atoms with Gasteiger partial charge in [-0.3, -0.25) is 10.1 Å². The topological polar surface area (TPSA) is 105 Å². The normalized spacial score (nSPS) is 18.8. The van der Waals surface area contributed by atoms with Crippen molar-refractivity contribution in [1.29, 1.82) is 0 Å². The Morgan fingerprint density at radius 2 is 2.00 bits per heavy atom. The number of oxazole rings is 1. The van der Waals surface area contributed by atoms with E-state index in [0.29, 0.717) is 23.3 Å². The van der Waals surface area contributed by atoms with Crippen molar-refractivity contribution in [3.63, 3.8) is 0 Å². The molecule has 3 heterocycles. The summed E-state index contributed by atoms with van der Waals surface area (Å²) in [5, 5.41) is 11.2. The molecule has 2 aromatic heterocycles. The van der Waals surface area contributed by atoms with E-state index in [-0.39, 0.29) is 11.9 Å². The fourth-order valence-electron chi connectivity index (χ4n) is 3.98. The highest BCUT2D eigenvalue weighted by molar-refractivity contribution is 7.99. The first-order chi connectivity index (χ1) is 15.4. The Kier molecular flexibility index (Phi) is 5.44. The Hall–Kier alpha value is -3.17. The number of nitrogens with one attached hydrogen (secondary N) is 3. The van der Waals surface area contributed by atoms with Gasteiger partial charge in [-0.25, -0.2) is 15.0 Å². The minimum Gasteiger partial charge on any atom is -0.431 e. The first kappa shape index (κ1) is 20.7. The average Bonchev–Trinajstić information content (AvgIpc) is 3.16. The van der Waals surface area contributed by atoms with Gasteiger partial charge in [-0.2, -0.15) is 0 Å². The summed E-state index contributed by atoms with van der Waals surface area (Å²) in [4.78, 5) is 26.1. The second-order valence-corrected chi connectivity index (χ2v) is 9.05. The van der Waals surface area contributed by atoms with Crippen LogP contribution in [0.25, 0.3) is 22.0 Å². The molecule has 3 N–H and O–H groups in total. The second kappa shape index (κ2) is 8.40. The van der Waals surface area contributed by atoms with Crippen LogP contribution in [0.5, 0.6) is 0 Å². The number of thioether (sulfide) groups is 1. The third kappa shape index (κ3) is 4.26. The van der Waals surface area contributed by atoms with Crippen molar-refractivity contribution in [2.75, 3.05) is 11.1 Å². The smallest absolute Gasteiger partial charge is 0.256 e. The molecule has 32 heavy (non-hydrogen) atoms. The van der Waals surface area contributed by atoms with E-state index < -0.39 is 6.29 Å². The Bertz CT molecular complexity index is 1290. The summed E-state index contributed by atoms with van der Waals surface area (Å²) in [7, 11) is 0. The molecular formula is C23H24N6O2S. The summed E-state index contributed by atoms with van der Waals surface area (Å²) >= 11 is 1.49. The lowest BCUT2D eigenvalue weighted by Gasteiger charge is -2.31. The van der Waals surface area contributed by atoms with Gasteiger partial charge in [0.2, 0.25) is 11.9 Å². The zero-order chi connectivity index (χ0) is 22.2. The molecule has 8 nitrogen and oxygen atoms in total. The number of hydrogen-bond donors (Lipinski definition) is 3. The first-order valence-corrected chi connectivity index (χ1v) is 11.5. The van der Waals surface area contributed by atoms with Gasteiger partial charge in [-0.15, -0.1) is 0 Å². The van der Waals surface area contributed by atoms with E-state index in [1.165, 1.54) is 17.3 Å². The number of carbonyl (C=O) groups is 1. The van der Waals surface area contributed by atoms with E-state index in [9.17, 15) is 4.79 Å². The molecule has 9 heteroatoms. The quantitative estimate of drug-likeness (QED) is 0.397. The molecule has 0 bridgehead atoms. The van der Waals surface area contributed by atoms with Crippen molar-refractivity contribution in [3.8, 4) is 0 Å². The van der Waals surface area contributed by atoms with E-state index in [1.54, 1.807) is 0 Å². The highest BCUT2D eigenvalue weighted by atomic mass is 32.2. The number of hydrogen-bond acceptors (Lipinski definition) is 8. The number of anilines is 1. The van der Waals surface area contributed by atoms with E-state index >= 15 is 0 Å². The molecule has 164 valence electrons. The Morgan fingerprint density at radius 1 is 1.16 bits per heavy atom. The number of benzene rings is 2. The third-order valence-electron chi connectivity index (χ3n) is 5.42. The van der Waals surface area contributed by atoms with Crippen molar-refractivity contribution in [2.45, 2.75) is 44.7 Å². The molecule has 1 saturated heterocycles. The zero-order valence-corrected chi connectivity index (χ0v) is 18.9. The van der Waals surface area contributed by atoms with E-state index in [1.807, 2.05) is 38.1 Å². The molecule has 4 aromatic rings. The number of fused-ring (bicyclic) bond motifs is 2. The predicted octanol–water partition coefficient (Wildman–Crippen LogP) is 3.66. The minimum atomic E-state index is -0.465. The van der Waals surface area contributed by atoms with Gasteiger partial charge in [0.25, 0.3) is 5.22 Å². The molecule has 5 rings (SSSR count). The van der Waals surface area contributed by atoms with Gasteiger partial charge in [0.05, 0.1) is 11.2 Å². The summed E-state index contributed by atoms with van der Waals surface area (Å²) < 4.78 is 5.77. The molecule has 1 aliphatic rings. The summed E-state index contributed by atoms with van der Waals surface area (Å²) in [6.07, 6.45) is -0.0883. The lowest BCUT2D eigenvalue weighted by molar-refractivity contribution is -0.123. The standard InChI is InChI=1S/C23H24N6O2S/c1-12-8-13(2)20-16(9-12)14(3)24-21(28-20)29-22-25-15(10-19(30)27-22)11-32-23-26-17-6-4-5-7-18(17)31-23/h4-9,15,22,25H,10-11H2,1-3H3,(H,27,30)(H,24,28,29). The Morgan fingerprint density at radius 3 is 2.84 bits per heavy atom. The Balaban J connectivity index is 1.28. The number of nitrogens with zero attached hydrogens (tertiary/aromatic N) is 3. The summed E-state index contributed by atoms with van der Waals surface area (Å²) in [6, 6.07) is 11.8. The molecule has 0 radical (unpaired) electrons. The van der Waals surface area contributed by atoms with Gasteiger partial charge >= 0.3 is 0 Å². The summed E-state index contributed by atoms with van der Waals surface area (Å²) in [5.74, 6) is 1.09. The maximum atomic E-state index is 12.3. The molecular weight excluding hydrogens is 424 g/mol. The number of carbonyl (C=O) groups excluding carboxylic acids is 1. The average molecular weight is 449 g/mol. The lowest BCUT2D eigenvalue weighted by Crippen LogP contribution is -2.60. The third-order valence-corrected chi connectivity index (χ3v) is 6.41. The molecule has 2 aromatic carbocycles. The van der Waals surface area contributed by atoms with Crippen LogP contribution in [0.15, 0.2) is 46.0 Å². The van der Waals surface area contributed by atoms with E-state index in [2.05, 4.69) is 45.0 Å². The van der Waals surface area contributed by atoms with Crippen LogP contribution in [-0.2, 0) is 4.79 Å². The lowest BCUT2D eigenvalue weighted by atomic mass is 10.1. The van der Waals surface area contributed by atoms with Crippen molar-refractivity contribution in [3.05, 3.63) is 53.2 Å². The van der Waals surface area contributed by atoms with Gasteiger partial charge in [0.15, 0.2) is 11.9 Å². The van der Waals surface area contributed by atoms with Gasteiger partial charge < -0.3 is 15.1 Å². The second-order valence-electron chi connectivity index (χ2n) is 8.08. The van der Waals surface area contributed by atoms with Crippen LogP contribution in [0.2, 0.25) is 0 Å².